The number of fused-ring (bicyclic) bond motifs is 1. The molecule has 2 aromatic heterocycles. The van der Waals surface area contributed by atoms with E-state index in [9.17, 15) is 9.90 Å². The van der Waals surface area contributed by atoms with Crippen molar-refractivity contribution in [2.24, 2.45) is 0 Å². The molecule has 0 unspecified atom stereocenters. The number of hydrogen-bond acceptors (Lipinski definition) is 4. The Labute approximate surface area is 109 Å². The zero-order chi connectivity index (χ0) is 13.4. The van der Waals surface area contributed by atoms with Crippen molar-refractivity contribution in [1.82, 2.24) is 14.6 Å². The minimum Gasteiger partial charge on any atom is -0.507 e. The molecule has 1 N–H and O–H groups in total. The summed E-state index contributed by atoms with van der Waals surface area (Å²) in [6.45, 7) is 1.86. The molecule has 0 saturated carbocycles. The molecular weight excluding hydrogens is 242 g/mol. The molecule has 0 aliphatic rings. The second-order valence-electron chi connectivity index (χ2n) is 4.28. The first-order valence-corrected chi connectivity index (χ1v) is 5.80. The van der Waals surface area contributed by atoms with Gasteiger partial charge in [0.2, 0.25) is 0 Å². The largest absolute Gasteiger partial charge is 0.507 e. The first-order chi connectivity index (χ1) is 9.15. The van der Waals surface area contributed by atoms with Gasteiger partial charge in [0.05, 0.1) is 16.8 Å². The standard InChI is InChI=1S/C14H11N3O2/c1-9-6-13-15-7-10(8-17(13)16-9)14(19)11-4-2-3-5-12(11)18/h2-8,18H,1H3. The van der Waals surface area contributed by atoms with E-state index < -0.39 is 0 Å². The van der Waals surface area contributed by atoms with E-state index in [2.05, 4.69) is 10.1 Å². The van der Waals surface area contributed by atoms with Gasteiger partial charge in [0.15, 0.2) is 11.4 Å². The molecule has 0 fully saturated rings. The molecule has 19 heavy (non-hydrogen) atoms. The lowest BCUT2D eigenvalue weighted by molar-refractivity contribution is 0.103. The van der Waals surface area contributed by atoms with Crippen LogP contribution in [0.2, 0.25) is 0 Å². The van der Waals surface area contributed by atoms with Crippen molar-refractivity contribution in [2.75, 3.05) is 0 Å². The fourth-order valence-corrected chi connectivity index (χ4v) is 1.93. The fraction of sp³-hybridized carbons (Fsp3) is 0.0714. The Balaban J connectivity index is 2.09. The summed E-state index contributed by atoms with van der Waals surface area (Å²) in [4.78, 5) is 16.5. The van der Waals surface area contributed by atoms with Gasteiger partial charge >= 0.3 is 0 Å². The number of aryl methyl sites for hydroxylation is 1. The topological polar surface area (TPSA) is 67.5 Å². The summed E-state index contributed by atoms with van der Waals surface area (Å²) in [7, 11) is 0. The summed E-state index contributed by atoms with van der Waals surface area (Å²) in [6, 6.07) is 8.27. The lowest BCUT2D eigenvalue weighted by Gasteiger charge is -2.03. The minimum absolute atomic E-state index is 0.0377. The first-order valence-electron chi connectivity index (χ1n) is 5.80. The maximum absolute atomic E-state index is 12.3. The van der Waals surface area contributed by atoms with Gasteiger partial charge in [-0.3, -0.25) is 4.79 Å². The van der Waals surface area contributed by atoms with Crippen LogP contribution in [-0.2, 0) is 0 Å². The molecule has 0 bridgehead atoms. The summed E-state index contributed by atoms with van der Waals surface area (Å²) in [6.07, 6.45) is 3.11. The molecule has 5 nitrogen and oxygen atoms in total. The maximum Gasteiger partial charge on any atom is 0.199 e. The Kier molecular flexibility index (Phi) is 2.52. The summed E-state index contributed by atoms with van der Waals surface area (Å²) in [5, 5.41) is 13.9. The highest BCUT2D eigenvalue weighted by Gasteiger charge is 2.14. The molecule has 0 amide bonds. The average Bonchev–Trinajstić information content (AvgIpc) is 2.77. The van der Waals surface area contributed by atoms with E-state index in [1.807, 2.05) is 13.0 Å². The third kappa shape index (κ3) is 1.95. The van der Waals surface area contributed by atoms with E-state index in [0.717, 1.165) is 5.69 Å². The molecule has 2 heterocycles. The van der Waals surface area contributed by atoms with Crippen molar-refractivity contribution >= 4 is 11.4 Å². The Hall–Kier alpha value is -2.69. The summed E-state index contributed by atoms with van der Waals surface area (Å²) in [5.74, 6) is -0.315. The van der Waals surface area contributed by atoms with Crippen LogP contribution < -0.4 is 0 Å². The van der Waals surface area contributed by atoms with Crippen LogP contribution >= 0.6 is 0 Å². The van der Waals surface area contributed by atoms with E-state index >= 15 is 0 Å². The smallest absolute Gasteiger partial charge is 0.199 e. The molecule has 3 aromatic rings. The maximum atomic E-state index is 12.3. The van der Waals surface area contributed by atoms with Gasteiger partial charge in [-0.2, -0.15) is 5.10 Å². The van der Waals surface area contributed by atoms with Gasteiger partial charge < -0.3 is 5.11 Å². The van der Waals surface area contributed by atoms with E-state index in [4.69, 9.17) is 0 Å². The van der Waals surface area contributed by atoms with Gasteiger partial charge in [-0.15, -0.1) is 0 Å². The molecule has 0 aliphatic carbocycles. The summed E-state index contributed by atoms with van der Waals surface area (Å²) < 4.78 is 1.56. The van der Waals surface area contributed by atoms with Crippen LogP contribution in [0.1, 0.15) is 21.6 Å². The highest BCUT2D eigenvalue weighted by molar-refractivity contribution is 6.10. The van der Waals surface area contributed by atoms with Crippen LogP contribution in [0.5, 0.6) is 5.75 Å². The van der Waals surface area contributed by atoms with Crippen LogP contribution in [0.15, 0.2) is 42.7 Å². The number of ketones is 1. The Morgan fingerprint density at radius 3 is 2.89 bits per heavy atom. The molecule has 0 saturated heterocycles. The number of carbonyl (C=O) groups is 1. The molecule has 1 aromatic carbocycles. The molecule has 5 heteroatoms. The predicted molar refractivity (Wildman–Crippen MR) is 69.3 cm³/mol. The Bertz CT molecular complexity index is 777. The van der Waals surface area contributed by atoms with Gasteiger partial charge in [-0.25, -0.2) is 9.50 Å². The third-order valence-electron chi connectivity index (χ3n) is 2.85. The van der Waals surface area contributed by atoms with Crippen molar-refractivity contribution in [3.8, 4) is 5.75 Å². The number of nitrogens with zero attached hydrogens (tertiary/aromatic N) is 3. The quantitative estimate of drug-likeness (QED) is 0.709. The number of para-hydroxylation sites is 1. The van der Waals surface area contributed by atoms with Crippen LogP contribution in [0.3, 0.4) is 0 Å². The molecule has 3 rings (SSSR count). The highest BCUT2D eigenvalue weighted by Crippen LogP contribution is 2.19. The highest BCUT2D eigenvalue weighted by atomic mass is 16.3. The van der Waals surface area contributed by atoms with Crippen molar-refractivity contribution < 1.29 is 9.90 Å². The van der Waals surface area contributed by atoms with Crippen LogP contribution in [-0.4, -0.2) is 25.5 Å². The number of hydrogen-bond donors (Lipinski definition) is 1. The molecule has 0 radical (unpaired) electrons. The van der Waals surface area contributed by atoms with Gasteiger partial charge in [-0.1, -0.05) is 12.1 Å². The molecule has 94 valence electrons. The Morgan fingerprint density at radius 1 is 1.32 bits per heavy atom. The summed E-state index contributed by atoms with van der Waals surface area (Å²) >= 11 is 0. The second-order valence-corrected chi connectivity index (χ2v) is 4.28. The monoisotopic (exact) mass is 253 g/mol. The van der Waals surface area contributed by atoms with E-state index in [0.29, 0.717) is 11.2 Å². The SMILES string of the molecule is Cc1cc2ncc(C(=O)c3ccccc3O)cn2n1. The van der Waals surface area contributed by atoms with E-state index in [1.54, 1.807) is 28.9 Å². The van der Waals surface area contributed by atoms with Crippen molar-refractivity contribution in [3.05, 3.63) is 59.5 Å². The van der Waals surface area contributed by atoms with E-state index in [1.165, 1.54) is 12.3 Å². The third-order valence-corrected chi connectivity index (χ3v) is 2.85. The number of carbonyl (C=O) groups excluding carboxylic acids is 1. The lowest BCUT2D eigenvalue weighted by atomic mass is 10.1. The van der Waals surface area contributed by atoms with Gasteiger partial charge in [0.1, 0.15) is 5.75 Å². The zero-order valence-electron chi connectivity index (χ0n) is 10.2. The van der Waals surface area contributed by atoms with Crippen LogP contribution in [0.25, 0.3) is 5.65 Å². The van der Waals surface area contributed by atoms with Gasteiger partial charge in [-0.05, 0) is 19.1 Å². The molecular formula is C14H11N3O2. The molecule has 0 spiro atoms. The summed E-state index contributed by atoms with van der Waals surface area (Å²) in [5.41, 5.74) is 2.16. The molecule has 0 atom stereocenters. The average molecular weight is 253 g/mol. The molecule has 0 aliphatic heterocycles. The normalized spacial score (nSPS) is 10.8. The number of rotatable bonds is 2. The number of phenolic OH excluding ortho intramolecular Hbond substituents is 1. The van der Waals surface area contributed by atoms with Crippen LogP contribution in [0, 0.1) is 6.92 Å². The van der Waals surface area contributed by atoms with Crippen molar-refractivity contribution in [1.29, 1.82) is 0 Å². The Morgan fingerprint density at radius 2 is 2.11 bits per heavy atom. The van der Waals surface area contributed by atoms with Gasteiger partial charge in [0, 0.05) is 18.5 Å². The number of aromatic nitrogens is 3. The predicted octanol–water partition coefficient (Wildman–Crippen LogP) is 1.97. The van der Waals surface area contributed by atoms with Crippen molar-refractivity contribution in [2.45, 2.75) is 6.92 Å². The number of benzene rings is 1. The fourth-order valence-electron chi connectivity index (χ4n) is 1.93. The minimum atomic E-state index is -0.277. The van der Waals surface area contributed by atoms with Crippen molar-refractivity contribution in [3.63, 3.8) is 0 Å². The second kappa shape index (κ2) is 4.20. The van der Waals surface area contributed by atoms with Gasteiger partial charge in [0.25, 0.3) is 0 Å². The first kappa shape index (κ1) is 11.4. The lowest BCUT2D eigenvalue weighted by Crippen LogP contribution is -2.04. The zero-order valence-corrected chi connectivity index (χ0v) is 10.2. The van der Waals surface area contributed by atoms with E-state index in [-0.39, 0.29) is 17.1 Å². The number of phenols is 1. The van der Waals surface area contributed by atoms with Crippen LogP contribution in [0.4, 0.5) is 0 Å². The number of aromatic hydroxyl groups is 1.